The maximum absolute atomic E-state index is 12.3. The molecule has 4 nitrogen and oxygen atoms in total. The molecule has 1 heterocycles. The SMILES string of the molecule is Cc1cc(Cl)ccc1Nc1ccc(NC(=O)C2CCCCC2)cn1. The van der Waals surface area contributed by atoms with Gasteiger partial charge in [-0.2, -0.15) is 0 Å². The minimum atomic E-state index is 0.116. The van der Waals surface area contributed by atoms with Crippen LogP contribution in [0.15, 0.2) is 36.5 Å². The molecular weight excluding hydrogens is 322 g/mol. The predicted octanol–water partition coefficient (Wildman–Crippen LogP) is 5.31. The number of halogens is 1. The largest absolute Gasteiger partial charge is 0.340 e. The summed E-state index contributed by atoms with van der Waals surface area (Å²) in [6.45, 7) is 1.99. The summed E-state index contributed by atoms with van der Waals surface area (Å²) in [4.78, 5) is 16.6. The molecule has 0 spiro atoms. The van der Waals surface area contributed by atoms with E-state index in [9.17, 15) is 4.79 Å². The van der Waals surface area contributed by atoms with E-state index in [1.54, 1.807) is 6.20 Å². The zero-order valence-electron chi connectivity index (χ0n) is 13.8. The molecule has 1 aliphatic carbocycles. The molecule has 24 heavy (non-hydrogen) atoms. The molecule has 1 amide bonds. The number of pyridine rings is 1. The van der Waals surface area contributed by atoms with Crippen LogP contribution < -0.4 is 10.6 Å². The van der Waals surface area contributed by atoms with Gasteiger partial charge in [-0.3, -0.25) is 4.79 Å². The predicted molar refractivity (Wildman–Crippen MR) is 98.9 cm³/mol. The molecule has 0 atom stereocenters. The van der Waals surface area contributed by atoms with Gasteiger partial charge in [-0.15, -0.1) is 0 Å². The van der Waals surface area contributed by atoms with E-state index in [0.717, 1.165) is 48.4 Å². The van der Waals surface area contributed by atoms with Crippen LogP contribution in [0.25, 0.3) is 0 Å². The van der Waals surface area contributed by atoms with E-state index < -0.39 is 0 Å². The zero-order chi connectivity index (χ0) is 16.9. The number of nitrogens with one attached hydrogen (secondary N) is 2. The van der Waals surface area contributed by atoms with Gasteiger partial charge in [0.05, 0.1) is 11.9 Å². The van der Waals surface area contributed by atoms with Crippen LogP contribution >= 0.6 is 11.6 Å². The van der Waals surface area contributed by atoms with E-state index in [-0.39, 0.29) is 11.8 Å². The summed E-state index contributed by atoms with van der Waals surface area (Å²) in [5.41, 5.74) is 2.76. The maximum Gasteiger partial charge on any atom is 0.227 e. The first-order chi connectivity index (χ1) is 11.6. The monoisotopic (exact) mass is 343 g/mol. The van der Waals surface area contributed by atoms with Crippen molar-refractivity contribution >= 4 is 34.7 Å². The highest BCUT2D eigenvalue weighted by molar-refractivity contribution is 6.30. The minimum absolute atomic E-state index is 0.116. The molecule has 1 fully saturated rings. The molecule has 2 aromatic rings. The average Bonchev–Trinajstić information content (AvgIpc) is 2.60. The topological polar surface area (TPSA) is 54.0 Å². The smallest absolute Gasteiger partial charge is 0.227 e. The van der Waals surface area contributed by atoms with Crippen molar-refractivity contribution in [3.8, 4) is 0 Å². The Labute approximate surface area is 147 Å². The van der Waals surface area contributed by atoms with Gasteiger partial charge in [-0.1, -0.05) is 30.9 Å². The van der Waals surface area contributed by atoms with Crippen molar-refractivity contribution in [3.05, 3.63) is 47.1 Å². The first kappa shape index (κ1) is 16.8. The number of aryl methyl sites for hydroxylation is 1. The van der Waals surface area contributed by atoms with E-state index in [4.69, 9.17) is 11.6 Å². The highest BCUT2D eigenvalue weighted by atomic mass is 35.5. The molecule has 1 aromatic carbocycles. The van der Waals surface area contributed by atoms with Gasteiger partial charge in [0.15, 0.2) is 0 Å². The van der Waals surface area contributed by atoms with Crippen molar-refractivity contribution in [2.45, 2.75) is 39.0 Å². The summed E-state index contributed by atoms with van der Waals surface area (Å²) in [7, 11) is 0. The van der Waals surface area contributed by atoms with Crippen molar-refractivity contribution in [3.63, 3.8) is 0 Å². The van der Waals surface area contributed by atoms with Gasteiger partial charge in [-0.25, -0.2) is 4.98 Å². The average molecular weight is 344 g/mol. The Morgan fingerprint density at radius 1 is 1.17 bits per heavy atom. The molecule has 3 rings (SSSR count). The highest BCUT2D eigenvalue weighted by Gasteiger charge is 2.21. The van der Waals surface area contributed by atoms with E-state index in [1.165, 1.54) is 6.42 Å². The number of amides is 1. The van der Waals surface area contributed by atoms with Gasteiger partial charge >= 0.3 is 0 Å². The van der Waals surface area contributed by atoms with Crippen LogP contribution in [0.5, 0.6) is 0 Å². The van der Waals surface area contributed by atoms with Crippen molar-refractivity contribution < 1.29 is 4.79 Å². The number of nitrogens with zero attached hydrogens (tertiary/aromatic N) is 1. The van der Waals surface area contributed by atoms with Crippen LogP contribution in [0.3, 0.4) is 0 Å². The van der Waals surface area contributed by atoms with Crippen LogP contribution in [-0.4, -0.2) is 10.9 Å². The number of aromatic nitrogens is 1. The molecule has 0 aliphatic heterocycles. The fourth-order valence-electron chi connectivity index (χ4n) is 3.06. The summed E-state index contributed by atoms with van der Waals surface area (Å²) < 4.78 is 0. The van der Waals surface area contributed by atoms with Crippen LogP contribution in [0.4, 0.5) is 17.2 Å². The number of benzene rings is 1. The number of carbonyl (C=O) groups is 1. The molecule has 0 bridgehead atoms. The number of carbonyl (C=O) groups excluding carboxylic acids is 1. The van der Waals surface area contributed by atoms with Crippen molar-refractivity contribution in [2.24, 2.45) is 5.92 Å². The second-order valence-corrected chi connectivity index (χ2v) is 6.78. The van der Waals surface area contributed by atoms with Crippen LogP contribution in [0.2, 0.25) is 5.02 Å². The number of hydrogen-bond acceptors (Lipinski definition) is 3. The first-order valence-corrected chi connectivity index (χ1v) is 8.80. The molecule has 1 aliphatic rings. The second-order valence-electron chi connectivity index (χ2n) is 6.34. The third-order valence-corrected chi connectivity index (χ3v) is 4.69. The molecule has 0 radical (unpaired) electrons. The summed E-state index contributed by atoms with van der Waals surface area (Å²) in [6.07, 6.45) is 7.23. The van der Waals surface area contributed by atoms with Gasteiger partial charge in [0.2, 0.25) is 5.91 Å². The molecule has 2 N–H and O–H groups in total. The standard InChI is InChI=1S/C19H22ClN3O/c1-13-11-15(20)7-9-17(13)23-18-10-8-16(12-21-18)22-19(24)14-5-3-2-4-6-14/h7-12,14H,2-6H2,1H3,(H,21,23)(H,22,24). The Balaban J connectivity index is 1.61. The Bertz CT molecular complexity index is 709. The maximum atomic E-state index is 12.3. The van der Waals surface area contributed by atoms with E-state index in [2.05, 4.69) is 15.6 Å². The lowest BCUT2D eigenvalue weighted by Crippen LogP contribution is -2.24. The zero-order valence-corrected chi connectivity index (χ0v) is 14.6. The fourth-order valence-corrected chi connectivity index (χ4v) is 3.28. The van der Waals surface area contributed by atoms with E-state index in [0.29, 0.717) is 5.02 Å². The Hall–Kier alpha value is -2.07. The Kier molecular flexibility index (Phi) is 5.36. The molecule has 5 heteroatoms. The molecule has 126 valence electrons. The van der Waals surface area contributed by atoms with Crippen molar-refractivity contribution in [2.75, 3.05) is 10.6 Å². The summed E-state index contributed by atoms with van der Waals surface area (Å²) in [5, 5.41) is 6.95. The molecule has 1 aromatic heterocycles. The lowest BCUT2D eigenvalue weighted by Gasteiger charge is -2.20. The van der Waals surface area contributed by atoms with Crippen LogP contribution in [0, 0.1) is 12.8 Å². The summed E-state index contributed by atoms with van der Waals surface area (Å²) >= 11 is 5.97. The normalized spacial score (nSPS) is 15.1. The summed E-state index contributed by atoms with van der Waals surface area (Å²) in [6, 6.07) is 9.42. The minimum Gasteiger partial charge on any atom is -0.340 e. The van der Waals surface area contributed by atoms with Crippen LogP contribution in [-0.2, 0) is 4.79 Å². The van der Waals surface area contributed by atoms with Gasteiger partial charge in [0, 0.05) is 16.6 Å². The Morgan fingerprint density at radius 3 is 2.62 bits per heavy atom. The Morgan fingerprint density at radius 2 is 1.96 bits per heavy atom. The van der Waals surface area contributed by atoms with Crippen LogP contribution in [0.1, 0.15) is 37.7 Å². The lowest BCUT2D eigenvalue weighted by atomic mass is 9.88. The van der Waals surface area contributed by atoms with Gasteiger partial charge in [-0.05, 0) is 55.7 Å². The van der Waals surface area contributed by atoms with Gasteiger partial charge in [0.1, 0.15) is 5.82 Å². The highest BCUT2D eigenvalue weighted by Crippen LogP contribution is 2.26. The molecule has 0 saturated heterocycles. The molecular formula is C19H22ClN3O. The molecule has 1 saturated carbocycles. The number of rotatable bonds is 4. The fraction of sp³-hybridized carbons (Fsp3) is 0.368. The quantitative estimate of drug-likeness (QED) is 0.791. The number of hydrogen-bond donors (Lipinski definition) is 2. The second kappa shape index (κ2) is 7.67. The number of anilines is 3. The van der Waals surface area contributed by atoms with Gasteiger partial charge < -0.3 is 10.6 Å². The third kappa shape index (κ3) is 4.26. The van der Waals surface area contributed by atoms with E-state index >= 15 is 0 Å². The summed E-state index contributed by atoms with van der Waals surface area (Å²) in [5.74, 6) is 0.995. The van der Waals surface area contributed by atoms with Crippen molar-refractivity contribution in [1.29, 1.82) is 0 Å². The van der Waals surface area contributed by atoms with Gasteiger partial charge in [0.25, 0.3) is 0 Å². The third-order valence-electron chi connectivity index (χ3n) is 4.46. The van der Waals surface area contributed by atoms with E-state index in [1.807, 2.05) is 37.3 Å². The lowest BCUT2D eigenvalue weighted by molar-refractivity contribution is -0.120. The molecule has 0 unspecified atom stereocenters. The van der Waals surface area contributed by atoms with Crippen molar-refractivity contribution in [1.82, 2.24) is 4.98 Å². The first-order valence-electron chi connectivity index (χ1n) is 8.42.